The van der Waals surface area contributed by atoms with Crippen LogP contribution in [0.15, 0.2) is 4.99 Å². The Morgan fingerprint density at radius 3 is 1.60 bits per heavy atom. The molecule has 0 aliphatic carbocycles. The molecule has 6 heteroatoms. The van der Waals surface area contributed by atoms with Crippen LogP contribution in [0.2, 0.25) is 0 Å². The molecule has 0 radical (unpaired) electrons. The molecule has 0 heterocycles. The van der Waals surface area contributed by atoms with E-state index in [1.807, 2.05) is 0 Å². The minimum absolute atomic E-state index is 0.0645. The highest BCUT2D eigenvalue weighted by Gasteiger charge is 2.14. The molecule has 30 heavy (non-hydrogen) atoms. The van der Waals surface area contributed by atoms with Gasteiger partial charge in [-0.1, -0.05) is 103 Å². The number of ether oxygens (including phenoxy) is 1. The van der Waals surface area contributed by atoms with E-state index in [1.165, 1.54) is 89.9 Å². The number of hydrogen-bond donors (Lipinski definition) is 3. The zero-order chi connectivity index (χ0) is 22.3. The third kappa shape index (κ3) is 21.4. The van der Waals surface area contributed by atoms with Crippen LogP contribution in [-0.2, 0) is 9.53 Å². The first-order valence-corrected chi connectivity index (χ1v) is 12.6. The van der Waals surface area contributed by atoms with E-state index in [-0.39, 0.29) is 11.9 Å². The standard InChI is InChI=1S/C24H50N4O2/c1-2-3-4-5-6-7-8-9-10-11-12-13-14-15-16-17-21-30-23(29)22(25)19-18-20-28-24(26)27/h22H,2-21,25H2,1H3,(H4,26,27,28)/t22-/m0/s1. The number of carbonyl (C=O) groups excluding carboxylic acids is 1. The lowest BCUT2D eigenvalue weighted by molar-refractivity contribution is -0.145. The van der Waals surface area contributed by atoms with Crippen molar-refractivity contribution in [2.24, 2.45) is 22.2 Å². The maximum atomic E-state index is 11.8. The van der Waals surface area contributed by atoms with Gasteiger partial charge in [0, 0.05) is 6.54 Å². The smallest absolute Gasteiger partial charge is 0.322 e. The molecule has 0 bridgehead atoms. The van der Waals surface area contributed by atoms with Crippen LogP contribution in [0.5, 0.6) is 0 Å². The second kappa shape index (κ2) is 22.4. The van der Waals surface area contributed by atoms with Gasteiger partial charge in [-0.2, -0.15) is 0 Å². The molecule has 6 nitrogen and oxygen atoms in total. The van der Waals surface area contributed by atoms with Gasteiger partial charge in [-0.15, -0.1) is 0 Å². The number of esters is 1. The third-order valence-corrected chi connectivity index (χ3v) is 5.51. The van der Waals surface area contributed by atoms with Crippen LogP contribution in [0.25, 0.3) is 0 Å². The molecule has 0 rings (SSSR count). The van der Waals surface area contributed by atoms with E-state index in [0.29, 0.717) is 26.0 Å². The zero-order valence-corrected chi connectivity index (χ0v) is 19.7. The molecule has 0 aromatic rings. The molecule has 0 amide bonds. The second-order valence-electron chi connectivity index (χ2n) is 8.53. The monoisotopic (exact) mass is 426 g/mol. The predicted octanol–water partition coefficient (Wildman–Crippen LogP) is 5.17. The van der Waals surface area contributed by atoms with Crippen LogP contribution in [0, 0.1) is 0 Å². The third-order valence-electron chi connectivity index (χ3n) is 5.51. The van der Waals surface area contributed by atoms with E-state index in [2.05, 4.69) is 11.9 Å². The van der Waals surface area contributed by atoms with Crippen LogP contribution in [-0.4, -0.2) is 31.1 Å². The summed E-state index contributed by atoms with van der Waals surface area (Å²) in [5, 5.41) is 0. The highest BCUT2D eigenvalue weighted by Crippen LogP contribution is 2.13. The number of nitrogens with two attached hydrogens (primary N) is 3. The highest BCUT2D eigenvalue weighted by atomic mass is 16.5. The van der Waals surface area contributed by atoms with Gasteiger partial charge in [0.15, 0.2) is 5.96 Å². The summed E-state index contributed by atoms with van der Waals surface area (Å²) in [5.41, 5.74) is 16.3. The summed E-state index contributed by atoms with van der Waals surface area (Å²) in [4.78, 5) is 15.7. The molecule has 0 aromatic heterocycles. The van der Waals surface area contributed by atoms with Crippen molar-refractivity contribution in [1.29, 1.82) is 0 Å². The van der Waals surface area contributed by atoms with E-state index in [9.17, 15) is 4.79 Å². The summed E-state index contributed by atoms with van der Waals surface area (Å²) in [5.74, 6) is -0.254. The van der Waals surface area contributed by atoms with Crippen LogP contribution in [0.1, 0.15) is 122 Å². The van der Waals surface area contributed by atoms with E-state index in [1.54, 1.807) is 0 Å². The number of hydrogen-bond acceptors (Lipinski definition) is 4. The minimum atomic E-state index is -0.583. The number of nitrogens with zero attached hydrogens (tertiary/aromatic N) is 1. The molecule has 6 N–H and O–H groups in total. The van der Waals surface area contributed by atoms with Crippen molar-refractivity contribution in [2.45, 2.75) is 129 Å². The zero-order valence-electron chi connectivity index (χ0n) is 19.7. The molecule has 0 aliphatic heterocycles. The van der Waals surface area contributed by atoms with Crippen molar-refractivity contribution in [3.05, 3.63) is 0 Å². The SMILES string of the molecule is CCCCCCCCCCCCCCCCCCOC(=O)[C@@H](N)CCCN=C(N)N. The summed E-state index contributed by atoms with van der Waals surface area (Å²) in [6.45, 7) is 3.23. The van der Waals surface area contributed by atoms with Gasteiger partial charge in [-0.3, -0.25) is 9.79 Å². The van der Waals surface area contributed by atoms with Crippen molar-refractivity contribution < 1.29 is 9.53 Å². The second-order valence-corrected chi connectivity index (χ2v) is 8.53. The number of aliphatic imine (C=N–C) groups is 1. The number of guanidine groups is 1. The summed E-state index contributed by atoms with van der Waals surface area (Å²) >= 11 is 0. The van der Waals surface area contributed by atoms with Gasteiger partial charge in [-0.25, -0.2) is 0 Å². The first-order chi connectivity index (χ1) is 14.6. The first kappa shape index (κ1) is 28.7. The molecule has 0 aliphatic rings. The molecule has 0 aromatic carbocycles. The van der Waals surface area contributed by atoms with Gasteiger partial charge in [0.2, 0.25) is 0 Å². The first-order valence-electron chi connectivity index (χ1n) is 12.6. The summed E-state index contributed by atoms with van der Waals surface area (Å²) in [6, 6.07) is -0.583. The Labute approximate surface area is 185 Å². The Balaban J connectivity index is 3.27. The van der Waals surface area contributed by atoms with Gasteiger partial charge >= 0.3 is 5.97 Å². The van der Waals surface area contributed by atoms with Crippen molar-refractivity contribution in [2.75, 3.05) is 13.2 Å². The van der Waals surface area contributed by atoms with Gasteiger partial charge in [-0.05, 0) is 19.3 Å². The lowest BCUT2D eigenvalue weighted by atomic mass is 10.0. The highest BCUT2D eigenvalue weighted by molar-refractivity contribution is 5.76. The lowest BCUT2D eigenvalue weighted by Crippen LogP contribution is -2.32. The lowest BCUT2D eigenvalue weighted by Gasteiger charge is -2.11. The topological polar surface area (TPSA) is 117 Å². The molecular weight excluding hydrogens is 376 g/mol. The molecule has 0 saturated carbocycles. The van der Waals surface area contributed by atoms with Crippen LogP contribution >= 0.6 is 0 Å². The average Bonchev–Trinajstić information content (AvgIpc) is 2.72. The van der Waals surface area contributed by atoms with Crippen molar-refractivity contribution in [3.8, 4) is 0 Å². The molecule has 0 saturated heterocycles. The molecular formula is C24H50N4O2. The number of unbranched alkanes of at least 4 members (excludes halogenated alkanes) is 15. The number of rotatable bonds is 22. The maximum absolute atomic E-state index is 11.8. The van der Waals surface area contributed by atoms with E-state index >= 15 is 0 Å². The van der Waals surface area contributed by atoms with Crippen LogP contribution in [0.3, 0.4) is 0 Å². The molecule has 0 spiro atoms. The van der Waals surface area contributed by atoms with Crippen molar-refractivity contribution in [3.63, 3.8) is 0 Å². The average molecular weight is 427 g/mol. The Hall–Kier alpha value is -1.30. The fraction of sp³-hybridized carbons (Fsp3) is 0.917. The maximum Gasteiger partial charge on any atom is 0.322 e. The summed E-state index contributed by atoms with van der Waals surface area (Å²) < 4.78 is 5.25. The fourth-order valence-corrected chi connectivity index (χ4v) is 3.57. The molecule has 178 valence electrons. The quantitative estimate of drug-likeness (QED) is 0.0955. The Morgan fingerprint density at radius 1 is 0.733 bits per heavy atom. The van der Waals surface area contributed by atoms with Gasteiger partial charge in [0.25, 0.3) is 0 Å². The van der Waals surface area contributed by atoms with Gasteiger partial charge < -0.3 is 21.9 Å². The van der Waals surface area contributed by atoms with Crippen molar-refractivity contribution >= 4 is 11.9 Å². The minimum Gasteiger partial charge on any atom is -0.465 e. The van der Waals surface area contributed by atoms with Gasteiger partial charge in [0.05, 0.1) is 6.61 Å². The largest absolute Gasteiger partial charge is 0.465 e. The summed E-state index contributed by atoms with van der Waals surface area (Å²) in [6.07, 6.45) is 22.5. The Morgan fingerprint density at radius 2 is 1.17 bits per heavy atom. The van der Waals surface area contributed by atoms with Gasteiger partial charge in [0.1, 0.15) is 6.04 Å². The Kier molecular flexibility index (Phi) is 21.4. The molecule has 0 fully saturated rings. The summed E-state index contributed by atoms with van der Waals surface area (Å²) in [7, 11) is 0. The van der Waals surface area contributed by atoms with E-state index < -0.39 is 6.04 Å². The predicted molar refractivity (Wildman–Crippen MR) is 128 cm³/mol. The Bertz CT molecular complexity index is 412. The molecule has 1 atom stereocenters. The fourth-order valence-electron chi connectivity index (χ4n) is 3.57. The molecule has 0 unspecified atom stereocenters. The van der Waals surface area contributed by atoms with E-state index in [0.717, 1.165) is 12.8 Å². The van der Waals surface area contributed by atoms with Crippen LogP contribution < -0.4 is 17.2 Å². The van der Waals surface area contributed by atoms with E-state index in [4.69, 9.17) is 21.9 Å². The van der Waals surface area contributed by atoms with Crippen LogP contribution in [0.4, 0.5) is 0 Å². The van der Waals surface area contributed by atoms with Crippen molar-refractivity contribution in [1.82, 2.24) is 0 Å². The normalized spacial score (nSPS) is 11.9. The number of carbonyl (C=O) groups is 1.